The second kappa shape index (κ2) is 8.49. The Kier molecular flexibility index (Phi) is 6.67. The van der Waals surface area contributed by atoms with Gasteiger partial charge in [0.05, 0.1) is 18.0 Å². The Morgan fingerprint density at radius 2 is 1.55 bits per heavy atom. The Balaban J connectivity index is 2.32. The first-order valence-corrected chi connectivity index (χ1v) is 11.0. The number of amides is 1. The zero-order chi connectivity index (χ0) is 22.1. The SMILES string of the molecule is Cc1cc(C)c([C@@H](C)NC(=O)[C@H](C)N(c2ccc(F)c(F)c2)S(C)(=O)=O)cc1C. The second-order valence-corrected chi connectivity index (χ2v) is 9.22. The molecule has 0 aromatic heterocycles. The van der Waals surface area contributed by atoms with Crippen LogP contribution in [0.3, 0.4) is 0 Å². The molecule has 0 fully saturated rings. The van der Waals surface area contributed by atoms with Gasteiger partial charge in [-0.3, -0.25) is 9.10 Å². The monoisotopic (exact) mass is 424 g/mol. The molecule has 29 heavy (non-hydrogen) atoms. The molecule has 0 radical (unpaired) electrons. The summed E-state index contributed by atoms with van der Waals surface area (Å²) in [4.78, 5) is 12.8. The quantitative estimate of drug-likeness (QED) is 0.764. The van der Waals surface area contributed by atoms with Crippen molar-refractivity contribution < 1.29 is 22.0 Å². The topological polar surface area (TPSA) is 66.5 Å². The lowest BCUT2D eigenvalue weighted by molar-refractivity contribution is -0.122. The number of benzene rings is 2. The van der Waals surface area contributed by atoms with Crippen molar-refractivity contribution in [3.05, 3.63) is 64.2 Å². The van der Waals surface area contributed by atoms with Crippen LogP contribution in [0.15, 0.2) is 30.3 Å². The molecule has 0 spiro atoms. The van der Waals surface area contributed by atoms with Gasteiger partial charge in [-0.1, -0.05) is 12.1 Å². The van der Waals surface area contributed by atoms with E-state index in [1.54, 1.807) is 0 Å². The van der Waals surface area contributed by atoms with E-state index in [1.165, 1.54) is 6.92 Å². The Morgan fingerprint density at radius 3 is 2.10 bits per heavy atom. The minimum atomic E-state index is -3.93. The average Bonchev–Trinajstić information content (AvgIpc) is 2.59. The van der Waals surface area contributed by atoms with Gasteiger partial charge in [0.15, 0.2) is 11.6 Å². The van der Waals surface area contributed by atoms with Gasteiger partial charge in [0, 0.05) is 6.07 Å². The van der Waals surface area contributed by atoms with Crippen molar-refractivity contribution in [2.24, 2.45) is 0 Å². The molecule has 0 aliphatic rings. The van der Waals surface area contributed by atoms with E-state index in [4.69, 9.17) is 0 Å². The Labute approximate surface area is 170 Å². The lowest BCUT2D eigenvalue weighted by atomic mass is 9.96. The standard InChI is InChI=1S/C21H26F2N2O3S/c1-12-9-14(3)18(10-13(12)2)15(4)24-21(26)16(5)25(29(6,27)28)17-7-8-19(22)20(23)11-17/h7-11,15-16H,1-6H3,(H,24,26)/t15-,16+/m1/s1. The maximum atomic E-state index is 13.6. The van der Waals surface area contributed by atoms with Gasteiger partial charge in [-0.25, -0.2) is 17.2 Å². The van der Waals surface area contributed by atoms with E-state index in [0.29, 0.717) is 0 Å². The van der Waals surface area contributed by atoms with Gasteiger partial charge in [0.2, 0.25) is 15.9 Å². The highest BCUT2D eigenvalue weighted by Gasteiger charge is 2.30. The van der Waals surface area contributed by atoms with Crippen LogP contribution in [0.2, 0.25) is 0 Å². The summed E-state index contributed by atoms with van der Waals surface area (Å²) < 4.78 is 52.3. The third-order valence-corrected chi connectivity index (χ3v) is 6.20. The van der Waals surface area contributed by atoms with Gasteiger partial charge < -0.3 is 5.32 Å². The summed E-state index contributed by atoms with van der Waals surface area (Å²) in [6, 6.07) is 5.20. The lowest BCUT2D eigenvalue weighted by Crippen LogP contribution is -2.48. The van der Waals surface area contributed by atoms with Crippen LogP contribution >= 0.6 is 0 Å². The molecule has 0 aliphatic heterocycles. The van der Waals surface area contributed by atoms with Crippen molar-refractivity contribution in [1.82, 2.24) is 5.32 Å². The summed E-state index contributed by atoms with van der Waals surface area (Å²) in [5.41, 5.74) is 4.03. The fourth-order valence-corrected chi connectivity index (χ4v) is 4.46. The van der Waals surface area contributed by atoms with E-state index in [0.717, 1.165) is 51.0 Å². The van der Waals surface area contributed by atoms with Crippen molar-refractivity contribution in [2.75, 3.05) is 10.6 Å². The number of carbonyl (C=O) groups is 1. The molecule has 5 nitrogen and oxygen atoms in total. The molecule has 2 aromatic carbocycles. The molecule has 2 rings (SSSR count). The van der Waals surface area contributed by atoms with E-state index in [1.807, 2.05) is 39.8 Å². The number of nitrogens with one attached hydrogen (secondary N) is 1. The van der Waals surface area contributed by atoms with Crippen molar-refractivity contribution in [3.8, 4) is 0 Å². The Morgan fingerprint density at radius 1 is 0.966 bits per heavy atom. The van der Waals surface area contributed by atoms with E-state index < -0.39 is 33.6 Å². The average molecular weight is 425 g/mol. The van der Waals surface area contributed by atoms with E-state index >= 15 is 0 Å². The molecule has 0 saturated heterocycles. The molecule has 1 amide bonds. The molecule has 8 heteroatoms. The van der Waals surface area contributed by atoms with Crippen molar-refractivity contribution in [1.29, 1.82) is 0 Å². The van der Waals surface area contributed by atoms with Crippen LogP contribution in [0.1, 0.15) is 42.1 Å². The number of carbonyl (C=O) groups excluding carboxylic acids is 1. The maximum Gasteiger partial charge on any atom is 0.244 e. The number of rotatable bonds is 6. The largest absolute Gasteiger partial charge is 0.348 e. The first-order chi connectivity index (χ1) is 13.3. The van der Waals surface area contributed by atoms with Crippen molar-refractivity contribution in [3.63, 3.8) is 0 Å². The fourth-order valence-electron chi connectivity index (χ4n) is 3.29. The lowest BCUT2D eigenvalue weighted by Gasteiger charge is -2.29. The number of hydrogen-bond acceptors (Lipinski definition) is 3. The zero-order valence-electron chi connectivity index (χ0n) is 17.4. The van der Waals surface area contributed by atoms with Gasteiger partial charge in [0.1, 0.15) is 6.04 Å². The highest BCUT2D eigenvalue weighted by Crippen LogP contribution is 2.25. The van der Waals surface area contributed by atoms with Gasteiger partial charge in [-0.15, -0.1) is 0 Å². The zero-order valence-corrected chi connectivity index (χ0v) is 18.2. The van der Waals surface area contributed by atoms with Crippen LogP contribution in [0.25, 0.3) is 0 Å². The maximum absolute atomic E-state index is 13.6. The van der Waals surface area contributed by atoms with Gasteiger partial charge >= 0.3 is 0 Å². The van der Waals surface area contributed by atoms with E-state index in [9.17, 15) is 22.0 Å². The smallest absolute Gasteiger partial charge is 0.244 e. The summed E-state index contributed by atoms with van der Waals surface area (Å²) in [6.07, 6.45) is 0.912. The third kappa shape index (κ3) is 5.12. The number of nitrogens with zero attached hydrogens (tertiary/aromatic N) is 1. The van der Waals surface area contributed by atoms with Crippen LogP contribution in [-0.2, 0) is 14.8 Å². The summed E-state index contributed by atoms with van der Waals surface area (Å²) >= 11 is 0. The van der Waals surface area contributed by atoms with Crippen LogP contribution in [0, 0.1) is 32.4 Å². The molecule has 0 heterocycles. The fraction of sp³-hybridized carbons (Fsp3) is 0.381. The minimum Gasteiger partial charge on any atom is -0.348 e. The number of anilines is 1. The summed E-state index contributed by atoms with van der Waals surface area (Å²) in [5, 5.41) is 2.82. The van der Waals surface area contributed by atoms with E-state index in [2.05, 4.69) is 5.32 Å². The predicted octanol–water partition coefficient (Wildman–Crippen LogP) is 3.92. The van der Waals surface area contributed by atoms with Gasteiger partial charge in [0.25, 0.3) is 0 Å². The summed E-state index contributed by atoms with van der Waals surface area (Å²) in [7, 11) is -3.93. The third-order valence-electron chi connectivity index (χ3n) is 4.95. The Hall–Kier alpha value is -2.48. The highest BCUT2D eigenvalue weighted by molar-refractivity contribution is 7.92. The molecule has 2 atom stereocenters. The first kappa shape index (κ1) is 22.8. The minimum absolute atomic E-state index is 0.121. The number of halogens is 2. The predicted molar refractivity (Wildman–Crippen MR) is 110 cm³/mol. The van der Waals surface area contributed by atoms with Crippen molar-refractivity contribution >= 4 is 21.6 Å². The summed E-state index contributed by atoms with van der Waals surface area (Å²) in [5.74, 6) is -2.84. The summed E-state index contributed by atoms with van der Waals surface area (Å²) in [6.45, 7) is 9.13. The molecular formula is C21H26F2N2O3S. The van der Waals surface area contributed by atoms with Gasteiger partial charge in [-0.2, -0.15) is 0 Å². The molecular weight excluding hydrogens is 398 g/mol. The number of sulfonamides is 1. The molecule has 1 N–H and O–H groups in total. The first-order valence-electron chi connectivity index (χ1n) is 9.15. The molecule has 158 valence electrons. The van der Waals surface area contributed by atoms with Crippen LogP contribution in [0.4, 0.5) is 14.5 Å². The normalized spacial score (nSPS) is 13.7. The molecule has 2 aromatic rings. The van der Waals surface area contributed by atoms with Crippen LogP contribution < -0.4 is 9.62 Å². The molecule has 0 unspecified atom stereocenters. The highest BCUT2D eigenvalue weighted by atomic mass is 32.2. The molecule has 0 aliphatic carbocycles. The molecule has 0 saturated carbocycles. The molecule has 0 bridgehead atoms. The van der Waals surface area contributed by atoms with Crippen molar-refractivity contribution in [2.45, 2.75) is 46.7 Å². The van der Waals surface area contributed by atoms with Crippen LogP contribution in [-0.4, -0.2) is 26.6 Å². The second-order valence-electron chi connectivity index (χ2n) is 7.36. The van der Waals surface area contributed by atoms with Gasteiger partial charge in [-0.05, 0) is 69.0 Å². The van der Waals surface area contributed by atoms with E-state index in [-0.39, 0.29) is 11.7 Å². The Bertz CT molecular complexity index is 1040. The number of hydrogen-bond donors (Lipinski definition) is 1. The van der Waals surface area contributed by atoms with Crippen LogP contribution in [0.5, 0.6) is 0 Å². The number of aryl methyl sites for hydroxylation is 3.